The van der Waals surface area contributed by atoms with Gasteiger partial charge in [0.2, 0.25) is 0 Å². The molecule has 0 aromatic heterocycles. The van der Waals surface area contributed by atoms with Crippen molar-refractivity contribution in [3.05, 3.63) is 0 Å². The summed E-state index contributed by atoms with van der Waals surface area (Å²) in [5.41, 5.74) is 0. The van der Waals surface area contributed by atoms with Crippen LogP contribution < -0.4 is 0 Å². The van der Waals surface area contributed by atoms with Crippen LogP contribution in [0.25, 0.3) is 0 Å². The molecule has 0 bridgehead atoms. The van der Waals surface area contributed by atoms with E-state index in [0.29, 0.717) is 19.3 Å². The van der Waals surface area contributed by atoms with Gasteiger partial charge in [-0.15, -0.1) is 0 Å². The molecule has 0 aliphatic carbocycles. The van der Waals surface area contributed by atoms with E-state index in [2.05, 4.69) is 27.7 Å². The van der Waals surface area contributed by atoms with Crippen molar-refractivity contribution in [3.8, 4) is 0 Å². The summed E-state index contributed by atoms with van der Waals surface area (Å²) in [6.07, 6.45) is 52.3. The first kappa shape index (κ1) is 59.4. The SMILES string of the molecule is CCCCCCCCCCCCCCCCCCC(=O)OC[C@H](COC(=O)CCCCCCCCCCCCCC(C)C)OC(=O)CCCCCCCCCCCCCCC. The molecule has 6 nitrogen and oxygen atoms in total. The number of hydrogen-bond donors (Lipinski definition) is 0. The third kappa shape index (κ3) is 49.3. The molecule has 0 spiro atoms. The van der Waals surface area contributed by atoms with E-state index >= 15 is 0 Å². The summed E-state index contributed by atoms with van der Waals surface area (Å²) in [6, 6.07) is 0. The first-order chi connectivity index (χ1) is 29.9. The molecule has 0 radical (unpaired) electrons. The van der Waals surface area contributed by atoms with Gasteiger partial charge in [-0.1, -0.05) is 272 Å². The van der Waals surface area contributed by atoms with Gasteiger partial charge in [0.1, 0.15) is 13.2 Å². The van der Waals surface area contributed by atoms with Crippen LogP contribution in [0.5, 0.6) is 0 Å². The Labute approximate surface area is 380 Å². The monoisotopic (exact) mass is 863 g/mol. The molecular weight excluding hydrogens is 757 g/mol. The van der Waals surface area contributed by atoms with Crippen molar-refractivity contribution >= 4 is 17.9 Å². The first-order valence-electron chi connectivity index (χ1n) is 27.4. The summed E-state index contributed by atoms with van der Waals surface area (Å²) in [5.74, 6) is -0.0128. The maximum Gasteiger partial charge on any atom is 0.306 e. The van der Waals surface area contributed by atoms with Crippen LogP contribution >= 0.6 is 0 Å². The lowest BCUT2D eigenvalue weighted by Gasteiger charge is -2.18. The van der Waals surface area contributed by atoms with Gasteiger partial charge in [-0.25, -0.2) is 0 Å². The summed E-state index contributed by atoms with van der Waals surface area (Å²) in [7, 11) is 0. The highest BCUT2D eigenvalue weighted by Gasteiger charge is 2.19. The van der Waals surface area contributed by atoms with Crippen LogP contribution in [-0.4, -0.2) is 37.2 Å². The number of unbranched alkanes of at least 4 members (excludes halogenated alkanes) is 37. The average molecular weight is 863 g/mol. The Morgan fingerprint density at radius 2 is 0.541 bits per heavy atom. The molecule has 0 saturated heterocycles. The quantitative estimate of drug-likeness (QED) is 0.0344. The molecule has 6 heteroatoms. The second-order valence-electron chi connectivity index (χ2n) is 19.3. The maximum atomic E-state index is 12.8. The number of hydrogen-bond acceptors (Lipinski definition) is 6. The topological polar surface area (TPSA) is 78.9 Å². The molecule has 1 atom stereocenters. The number of carbonyl (C=O) groups is 3. The van der Waals surface area contributed by atoms with E-state index in [-0.39, 0.29) is 31.1 Å². The predicted octanol–water partition coefficient (Wildman–Crippen LogP) is 17.8. The molecule has 0 aromatic rings. The van der Waals surface area contributed by atoms with Crippen LogP contribution in [0.15, 0.2) is 0 Å². The van der Waals surface area contributed by atoms with Gasteiger partial charge in [0.25, 0.3) is 0 Å². The molecule has 61 heavy (non-hydrogen) atoms. The van der Waals surface area contributed by atoms with Crippen molar-refractivity contribution in [2.75, 3.05) is 13.2 Å². The van der Waals surface area contributed by atoms with Crippen LogP contribution in [-0.2, 0) is 28.6 Å². The minimum absolute atomic E-state index is 0.0622. The molecular formula is C55H106O6. The van der Waals surface area contributed by atoms with Gasteiger partial charge in [-0.05, 0) is 25.2 Å². The average Bonchev–Trinajstić information content (AvgIpc) is 3.24. The molecule has 0 N–H and O–H groups in total. The van der Waals surface area contributed by atoms with Crippen molar-refractivity contribution in [2.45, 2.75) is 316 Å². The van der Waals surface area contributed by atoms with E-state index in [1.807, 2.05) is 0 Å². The van der Waals surface area contributed by atoms with Gasteiger partial charge < -0.3 is 14.2 Å². The number of esters is 3. The van der Waals surface area contributed by atoms with Crippen molar-refractivity contribution in [1.29, 1.82) is 0 Å². The molecule has 0 aromatic carbocycles. The normalized spacial score (nSPS) is 12.0. The molecule has 0 aliphatic rings. The van der Waals surface area contributed by atoms with Crippen molar-refractivity contribution in [2.24, 2.45) is 5.92 Å². The maximum absolute atomic E-state index is 12.8. The van der Waals surface area contributed by atoms with Crippen LogP contribution in [0.1, 0.15) is 310 Å². The molecule has 0 unspecified atom stereocenters. The lowest BCUT2D eigenvalue weighted by Crippen LogP contribution is -2.30. The number of carbonyl (C=O) groups excluding carboxylic acids is 3. The van der Waals surface area contributed by atoms with Crippen molar-refractivity contribution in [1.82, 2.24) is 0 Å². The summed E-state index contributed by atoms with van der Waals surface area (Å²) in [4.78, 5) is 38.0. The second-order valence-corrected chi connectivity index (χ2v) is 19.3. The van der Waals surface area contributed by atoms with E-state index in [1.165, 1.54) is 205 Å². The standard InChI is InChI=1S/C55H106O6/c1-5-7-9-11-13-15-17-19-20-21-23-26-30-34-38-42-46-53(56)59-49-52(61-55(58)48-44-40-36-32-27-22-18-16-14-12-10-8-6-2)50-60-54(57)47-43-39-35-31-28-24-25-29-33-37-41-45-51(3)4/h51-52H,5-50H2,1-4H3/t52-/m1/s1. The summed E-state index contributed by atoms with van der Waals surface area (Å²) >= 11 is 0. The molecule has 0 amide bonds. The third-order valence-electron chi connectivity index (χ3n) is 12.5. The lowest BCUT2D eigenvalue weighted by molar-refractivity contribution is -0.167. The zero-order valence-corrected chi connectivity index (χ0v) is 41.6. The van der Waals surface area contributed by atoms with E-state index in [1.54, 1.807) is 0 Å². The Bertz CT molecular complexity index is 918. The Balaban J connectivity index is 4.29. The fourth-order valence-electron chi connectivity index (χ4n) is 8.39. The van der Waals surface area contributed by atoms with Gasteiger partial charge in [0, 0.05) is 19.3 Å². The Morgan fingerprint density at radius 3 is 0.803 bits per heavy atom. The molecule has 0 aliphatic heterocycles. The molecule has 0 saturated carbocycles. The lowest BCUT2D eigenvalue weighted by atomic mass is 10.0. The fourth-order valence-corrected chi connectivity index (χ4v) is 8.39. The van der Waals surface area contributed by atoms with Gasteiger partial charge in [0.05, 0.1) is 0 Å². The van der Waals surface area contributed by atoms with Crippen LogP contribution in [0.3, 0.4) is 0 Å². The Morgan fingerprint density at radius 1 is 0.311 bits per heavy atom. The number of ether oxygens (including phenoxy) is 3. The van der Waals surface area contributed by atoms with E-state index in [4.69, 9.17) is 14.2 Å². The highest BCUT2D eigenvalue weighted by Crippen LogP contribution is 2.17. The first-order valence-corrected chi connectivity index (χ1v) is 27.4. The largest absolute Gasteiger partial charge is 0.462 e. The van der Waals surface area contributed by atoms with Crippen LogP contribution in [0.4, 0.5) is 0 Å². The summed E-state index contributed by atoms with van der Waals surface area (Å²) in [5, 5.41) is 0. The van der Waals surface area contributed by atoms with Crippen molar-refractivity contribution in [3.63, 3.8) is 0 Å². The molecule has 362 valence electrons. The fraction of sp³-hybridized carbons (Fsp3) is 0.945. The van der Waals surface area contributed by atoms with E-state index < -0.39 is 6.10 Å². The summed E-state index contributed by atoms with van der Waals surface area (Å²) in [6.45, 7) is 9.04. The van der Waals surface area contributed by atoms with Gasteiger partial charge in [0.15, 0.2) is 6.10 Å². The Hall–Kier alpha value is -1.59. The molecule has 0 fully saturated rings. The minimum atomic E-state index is -0.761. The van der Waals surface area contributed by atoms with Crippen LogP contribution in [0, 0.1) is 5.92 Å². The summed E-state index contributed by atoms with van der Waals surface area (Å²) < 4.78 is 16.8. The van der Waals surface area contributed by atoms with Gasteiger partial charge in [-0.3, -0.25) is 14.4 Å². The zero-order chi connectivity index (χ0) is 44.5. The smallest absolute Gasteiger partial charge is 0.306 e. The second kappa shape index (κ2) is 49.4. The number of rotatable bonds is 50. The molecule has 0 heterocycles. The highest BCUT2D eigenvalue weighted by atomic mass is 16.6. The van der Waals surface area contributed by atoms with Gasteiger partial charge in [-0.2, -0.15) is 0 Å². The van der Waals surface area contributed by atoms with Crippen molar-refractivity contribution < 1.29 is 28.6 Å². The zero-order valence-electron chi connectivity index (χ0n) is 41.6. The van der Waals surface area contributed by atoms with E-state index in [0.717, 1.165) is 63.7 Å². The highest BCUT2D eigenvalue weighted by molar-refractivity contribution is 5.71. The molecule has 0 rings (SSSR count). The third-order valence-corrected chi connectivity index (χ3v) is 12.5. The van der Waals surface area contributed by atoms with E-state index in [9.17, 15) is 14.4 Å². The minimum Gasteiger partial charge on any atom is -0.462 e. The Kier molecular flexibility index (Phi) is 48.1. The van der Waals surface area contributed by atoms with Gasteiger partial charge >= 0.3 is 17.9 Å². The van der Waals surface area contributed by atoms with Crippen LogP contribution in [0.2, 0.25) is 0 Å². The predicted molar refractivity (Wildman–Crippen MR) is 261 cm³/mol.